The van der Waals surface area contributed by atoms with E-state index in [1.165, 1.54) is 35.9 Å². The largest absolute Gasteiger partial charge is 0.353 e. The molecule has 3 aromatic rings. The van der Waals surface area contributed by atoms with Crippen molar-refractivity contribution in [3.63, 3.8) is 0 Å². The van der Waals surface area contributed by atoms with Gasteiger partial charge in [-0.15, -0.1) is 0 Å². The van der Waals surface area contributed by atoms with Crippen LogP contribution >= 0.6 is 0 Å². The fraction of sp³-hybridized carbons (Fsp3) is 0.481. The molecule has 2 aromatic carbocycles. The molecule has 32 heavy (non-hydrogen) atoms. The first-order valence-corrected chi connectivity index (χ1v) is 12.2. The first-order chi connectivity index (χ1) is 15.7. The third kappa shape index (κ3) is 4.52. The Bertz CT molecular complexity index is 1060. The molecule has 1 aliphatic heterocycles. The Labute approximate surface area is 190 Å². The van der Waals surface area contributed by atoms with E-state index in [-0.39, 0.29) is 11.8 Å². The standard InChI is InChI=1S/C27H34N4O/c1-20-11-13-21(14-12-20)19-31-25-10-6-5-9-24(25)29-27(31)30-17-15-22(16-18-30)26(32)28-23-7-3-2-4-8-23/h5-6,9-14,22-23H,2-4,7-8,15-19H2,1H3,(H,28,32). The highest BCUT2D eigenvalue weighted by Gasteiger charge is 2.29. The maximum absolute atomic E-state index is 12.8. The minimum absolute atomic E-state index is 0.128. The van der Waals surface area contributed by atoms with Gasteiger partial charge in [-0.1, -0.05) is 61.2 Å². The molecule has 2 fully saturated rings. The third-order valence-corrected chi connectivity index (χ3v) is 7.20. The van der Waals surface area contributed by atoms with Gasteiger partial charge in [-0.2, -0.15) is 0 Å². The van der Waals surface area contributed by atoms with Gasteiger partial charge >= 0.3 is 0 Å². The van der Waals surface area contributed by atoms with Crippen molar-refractivity contribution in [3.05, 3.63) is 59.7 Å². The van der Waals surface area contributed by atoms with Crippen molar-refractivity contribution in [2.75, 3.05) is 18.0 Å². The average molecular weight is 431 g/mol. The maximum Gasteiger partial charge on any atom is 0.223 e. The summed E-state index contributed by atoms with van der Waals surface area (Å²) in [5.74, 6) is 1.42. The van der Waals surface area contributed by atoms with Crippen LogP contribution in [0, 0.1) is 12.8 Å². The highest BCUT2D eigenvalue weighted by atomic mass is 16.1. The number of piperidine rings is 1. The van der Waals surface area contributed by atoms with Gasteiger partial charge in [-0.3, -0.25) is 4.79 Å². The summed E-state index contributed by atoms with van der Waals surface area (Å²) in [6.07, 6.45) is 7.90. The smallest absolute Gasteiger partial charge is 0.223 e. The first kappa shape index (κ1) is 21.0. The fourth-order valence-corrected chi connectivity index (χ4v) is 5.24. The Kier molecular flexibility index (Phi) is 6.15. The molecule has 2 aliphatic rings. The zero-order valence-electron chi connectivity index (χ0n) is 19.1. The Balaban J connectivity index is 1.30. The molecule has 168 valence electrons. The van der Waals surface area contributed by atoms with Crippen LogP contribution in [0.1, 0.15) is 56.1 Å². The summed E-state index contributed by atoms with van der Waals surface area (Å²) in [4.78, 5) is 20.2. The number of imidazole rings is 1. The second-order valence-corrected chi connectivity index (χ2v) is 9.58. The lowest BCUT2D eigenvalue weighted by Crippen LogP contribution is -2.45. The molecule has 2 heterocycles. The molecular formula is C27H34N4O. The van der Waals surface area contributed by atoms with Gasteiger partial charge in [0.05, 0.1) is 17.6 Å². The Morgan fingerprint density at radius 1 is 0.969 bits per heavy atom. The van der Waals surface area contributed by atoms with E-state index >= 15 is 0 Å². The molecule has 5 nitrogen and oxygen atoms in total. The average Bonchev–Trinajstić information content (AvgIpc) is 3.19. The van der Waals surface area contributed by atoms with Crippen molar-refractivity contribution < 1.29 is 4.79 Å². The second-order valence-electron chi connectivity index (χ2n) is 9.58. The van der Waals surface area contributed by atoms with Crippen LogP contribution in [-0.2, 0) is 11.3 Å². The first-order valence-electron chi connectivity index (χ1n) is 12.2. The minimum atomic E-state index is 0.128. The van der Waals surface area contributed by atoms with E-state index in [9.17, 15) is 4.79 Å². The molecule has 1 aromatic heterocycles. The normalized spacial score (nSPS) is 18.2. The number of nitrogens with zero attached hydrogens (tertiary/aromatic N) is 3. The second kappa shape index (κ2) is 9.35. The lowest BCUT2D eigenvalue weighted by atomic mass is 9.92. The number of carbonyl (C=O) groups excluding carboxylic acids is 1. The number of aryl methyl sites for hydroxylation is 1. The number of anilines is 1. The van der Waals surface area contributed by atoms with Crippen molar-refractivity contribution in [2.24, 2.45) is 5.92 Å². The zero-order valence-corrected chi connectivity index (χ0v) is 19.1. The third-order valence-electron chi connectivity index (χ3n) is 7.20. The van der Waals surface area contributed by atoms with Gasteiger partial charge in [0, 0.05) is 25.0 Å². The molecule has 0 bridgehead atoms. The van der Waals surface area contributed by atoms with Gasteiger partial charge in [0.15, 0.2) is 0 Å². The molecular weight excluding hydrogens is 396 g/mol. The summed E-state index contributed by atoms with van der Waals surface area (Å²) in [6, 6.07) is 17.5. The molecule has 5 rings (SSSR count). The lowest BCUT2D eigenvalue weighted by molar-refractivity contribution is -0.126. The van der Waals surface area contributed by atoms with Gasteiger partial charge < -0.3 is 14.8 Å². The van der Waals surface area contributed by atoms with Crippen molar-refractivity contribution >= 4 is 22.9 Å². The lowest BCUT2D eigenvalue weighted by Gasteiger charge is -2.33. The number of nitrogens with one attached hydrogen (secondary N) is 1. The van der Waals surface area contributed by atoms with E-state index in [1.54, 1.807) is 0 Å². The van der Waals surface area contributed by atoms with Crippen molar-refractivity contribution in [2.45, 2.75) is 64.5 Å². The van der Waals surface area contributed by atoms with Crippen LogP contribution in [0.2, 0.25) is 0 Å². The summed E-state index contributed by atoms with van der Waals surface area (Å²) in [7, 11) is 0. The van der Waals surface area contributed by atoms with E-state index in [2.05, 4.69) is 70.2 Å². The SMILES string of the molecule is Cc1ccc(Cn2c(N3CCC(C(=O)NC4CCCCC4)CC3)nc3ccccc32)cc1. The summed E-state index contributed by atoms with van der Waals surface area (Å²) in [5.41, 5.74) is 4.76. The van der Waals surface area contributed by atoms with Crippen LogP contribution in [0.5, 0.6) is 0 Å². The van der Waals surface area contributed by atoms with Gasteiger partial charge in [-0.25, -0.2) is 4.98 Å². The minimum Gasteiger partial charge on any atom is -0.353 e. The Morgan fingerprint density at radius 2 is 1.69 bits per heavy atom. The summed E-state index contributed by atoms with van der Waals surface area (Å²) >= 11 is 0. The predicted octanol–water partition coefficient (Wildman–Crippen LogP) is 5.06. The molecule has 1 saturated heterocycles. The monoisotopic (exact) mass is 430 g/mol. The number of rotatable bonds is 5. The molecule has 1 N–H and O–H groups in total. The number of hydrogen-bond acceptors (Lipinski definition) is 3. The van der Waals surface area contributed by atoms with Gasteiger partial charge in [-0.05, 0) is 50.3 Å². The van der Waals surface area contributed by atoms with Gasteiger partial charge in [0.25, 0.3) is 0 Å². The number of hydrogen-bond donors (Lipinski definition) is 1. The Hall–Kier alpha value is -2.82. The highest BCUT2D eigenvalue weighted by Crippen LogP contribution is 2.28. The maximum atomic E-state index is 12.8. The number of benzene rings is 2. The number of amides is 1. The molecule has 1 aliphatic carbocycles. The van der Waals surface area contributed by atoms with Crippen LogP contribution < -0.4 is 10.2 Å². The van der Waals surface area contributed by atoms with Crippen LogP contribution in [0.4, 0.5) is 5.95 Å². The number of para-hydroxylation sites is 2. The van der Waals surface area contributed by atoms with Crippen LogP contribution in [0.25, 0.3) is 11.0 Å². The van der Waals surface area contributed by atoms with Crippen molar-refractivity contribution in [3.8, 4) is 0 Å². The van der Waals surface area contributed by atoms with E-state index < -0.39 is 0 Å². The zero-order chi connectivity index (χ0) is 21.9. The summed E-state index contributed by atoms with van der Waals surface area (Å²) in [5, 5.41) is 3.33. The van der Waals surface area contributed by atoms with E-state index in [1.807, 2.05) is 0 Å². The molecule has 0 atom stereocenters. The topological polar surface area (TPSA) is 50.2 Å². The van der Waals surface area contributed by atoms with E-state index in [0.29, 0.717) is 6.04 Å². The van der Waals surface area contributed by atoms with Crippen LogP contribution in [-0.4, -0.2) is 34.6 Å². The molecule has 0 unspecified atom stereocenters. The summed E-state index contributed by atoms with van der Waals surface area (Å²) in [6.45, 7) is 4.68. The Morgan fingerprint density at radius 3 is 2.44 bits per heavy atom. The molecule has 1 amide bonds. The van der Waals surface area contributed by atoms with E-state index in [4.69, 9.17) is 4.98 Å². The molecule has 1 saturated carbocycles. The van der Waals surface area contributed by atoms with Crippen molar-refractivity contribution in [1.82, 2.24) is 14.9 Å². The highest BCUT2D eigenvalue weighted by molar-refractivity contribution is 5.80. The van der Waals surface area contributed by atoms with Crippen LogP contribution in [0.3, 0.4) is 0 Å². The predicted molar refractivity (Wildman–Crippen MR) is 130 cm³/mol. The van der Waals surface area contributed by atoms with Gasteiger partial charge in [0.1, 0.15) is 0 Å². The molecule has 5 heteroatoms. The number of fused-ring (bicyclic) bond motifs is 1. The van der Waals surface area contributed by atoms with Gasteiger partial charge in [0.2, 0.25) is 11.9 Å². The number of carbonyl (C=O) groups is 1. The quantitative estimate of drug-likeness (QED) is 0.616. The fourth-order valence-electron chi connectivity index (χ4n) is 5.24. The van der Waals surface area contributed by atoms with Crippen LogP contribution in [0.15, 0.2) is 48.5 Å². The number of aromatic nitrogens is 2. The molecule has 0 radical (unpaired) electrons. The molecule has 0 spiro atoms. The van der Waals surface area contributed by atoms with Crippen molar-refractivity contribution in [1.29, 1.82) is 0 Å². The summed E-state index contributed by atoms with van der Waals surface area (Å²) < 4.78 is 2.34. The van der Waals surface area contributed by atoms with E-state index in [0.717, 1.165) is 56.8 Å².